The number of thiophene rings is 1. The molecule has 0 fully saturated rings. The Morgan fingerprint density at radius 3 is 2.40 bits per heavy atom. The van der Waals surface area contributed by atoms with Crippen molar-refractivity contribution in [3.05, 3.63) is 58.2 Å². The quantitative estimate of drug-likeness (QED) is 0.707. The summed E-state index contributed by atoms with van der Waals surface area (Å²) >= 11 is 1.63. The van der Waals surface area contributed by atoms with Gasteiger partial charge in [0, 0.05) is 33.8 Å². The average molecular weight is 364 g/mol. The Hall–Kier alpha value is -2.48. The van der Waals surface area contributed by atoms with Crippen molar-refractivity contribution in [2.75, 3.05) is 5.32 Å². The standard InChI is InChI=1S/C17H15F3N4S/c1-2-12-3-4-13(25-12)10-22-15-9-14(17(18,19)20)23-16(24-15)11-5-7-21-8-6-11/h3-9H,2,10H2,1H3,(H,22,23,24). The van der Waals surface area contributed by atoms with Crippen LogP contribution in [0.1, 0.15) is 22.4 Å². The highest BCUT2D eigenvalue weighted by molar-refractivity contribution is 7.12. The maximum Gasteiger partial charge on any atom is 0.433 e. The van der Waals surface area contributed by atoms with E-state index in [1.54, 1.807) is 23.5 Å². The van der Waals surface area contributed by atoms with E-state index in [0.717, 1.165) is 17.4 Å². The number of pyridine rings is 1. The van der Waals surface area contributed by atoms with Gasteiger partial charge in [0.15, 0.2) is 11.5 Å². The number of aromatic nitrogens is 3. The van der Waals surface area contributed by atoms with Crippen molar-refractivity contribution < 1.29 is 13.2 Å². The zero-order valence-electron chi connectivity index (χ0n) is 13.3. The maximum atomic E-state index is 13.1. The third kappa shape index (κ3) is 4.33. The van der Waals surface area contributed by atoms with Crippen LogP contribution in [-0.2, 0) is 19.1 Å². The number of alkyl halides is 3. The predicted octanol–water partition coefficient (Wildman–Crippen LogP) is 4.79. The highest BCUT2D eigenvalue weighted by Gasteiger charge is 2.33. The van der Waals surface area contributed by atoms with Crippen molar-refractivity contribution in [2.24, 2.45) is 0 Å². The molecule has 0 bridgehead atoms. The summed E-state index contributed by atoms with van der Waals surface area (Å²) in [5.74, 6) is 0.153. The molecule has 0 unspecified atom stereocenters. The molecule has 0 saturated heterocycles. The second kappa shape index (κ2) is 7.18. The molecule has 1 N–H and O–H groups in total. The Bertz CT molecular complexity index is 847. The molecule has 3 rings (SSSR count). The number of halogens is 3. The lowest BCUT2D eigenvalue weighted by Gasteiger charge is -2.11. The number of aryl methyl sites for hydroxylation is 1. The minimum absolute atomic E-state index is 0.0140. The molecule has 0 spiro atoms. The third-order valence-corrected chi connectivity index (χ3v) is 4.69. The summed E-state index contributed by atoms with van der Waals surface area (Å²) in [4.78, 5) is 14.0. The van der Waals surface area contributed by atoms with Gasteiger partial charge in [0.1, 0.15) is 5.82 Å². The first-order valence-corrected chi connectivity index (χ1v) is 8.45. The minimum atomic E-state index is -4.54. The van der Waals surface area contributed by atoms with E-state index in [1.165, 1.54) is 17.3 Å². The van der Waals surface area contributed by atoms with E-state index in [-0.39, 0.29) is 11.6 Å². The van der Waals surface area contributed by atoms with Gasteiger partial charge >= 0.3 is 6.18 Å². The van der Waals surface area contributed by atoms with Crippen molar-refractivity contribution in [3.63, 3.8) is 0 Å². The van der Waals surface area contributed by atoms with Gasteiger partial charge in [-0.05, 0) is 30.7 Å². The Morgan fingerprint density at radius 2 is 1.76 bits per heavy atom. The van der Waals surface area contributed by atoms with E-state index in [4.69, 9.17) is 0 Å². The number of nitrogens with zero attached hydrogens (tertiary/aromatic N) is 3. The van der Waals surface area contributed by atoms with Gasteiger partial charge in [0.25, 0.3) is 0 Å². The SMILES string of the molecule is CCc1ccc(CNc2cc(C(F)(F)F)nc(-c3ccncc3)n2)s1. The number of rotatable bonds is 5. The lowest BCUT2D eigenvalue weighted by atomic mass is 10.2. The van der Waals surface area contributed by atoms with Gasteiger partial charge in [-0.2, -0.15) is 13.2 Å². The summed E-state index contributed by atoms with van der Waals surface area (Å²) in [5, 5.41) is 2.96. The fourth-order valence-corrected chi connectivity index (χ4v) is 3.10. The lowest BCUT2D eigenvalue weighted by Crippen LogP contribution is -2.12. The molecule has 0 radical (unpaired) electrons. The van der Waals surface area contributed by atoms with Crippen LogP contribution in [-0.4, -0.2) is 15.0 Å². The molecule has 4 nitrogen and oxygen atoms in total. The van der Waals surface area contributed by atoms with Crippen molar-refractivity contribution in [2.45, 2.75) is 26.1 Å². The lowest BCUT2D eigenvalue weighted by molar-refractivity contribution is -0.141. The molecule has 3 aromatic heterocycles. The third-order valence-electron chi connectivity index (χ3n) is 3.46. The fourth-order valence-electron chi connectivity index (χ4n) is 2.20. The Morgan fingerprint density at radius 1 is 1.04 bits per heavy atom. The molecule has 0 aliphatic heterocycles. The van der Waals surface area contributed by atoms with Gasteiger partial charge in [-0.1, -0.05) is 6.92 Å². The van der Waals surface area contributed by atoms with Crippen molar-refractivity contribution in [3.8, 4) is 11.4 Å². The Kier molecular flexibility index (Phi) is 4.98. The predicted molar refractivity (Wildman–Crippen MR) is 91.3 cm³/mol. The smallest absolute Gasteiger partial charge is 0.365 e. The first-order chi connectivity index (χ1) is 12.0. The van der Waals surface area contributed by atoms with Crippen LogP contribution in [0.3, 0.4) is 0 Å². The maximum absolute atomic E-state index is 13.1. The Labute approximate surface area is 146 Å². The second-order valence-corrected chi connectivity index (χ2v) is 6.52. The van der Waals surface area contributed by atoms with Crippen LogP contribution in [0.2, 0.25) is 0 Å². The summed E-state index contributed by atoms with van der Waals surface area (Å²) < 4.78 is 39.4. The normalized spacial score (nSPS) is 11.5. The molecule has 25 heavy (non-hydrogen) atoms. The first kappa shape index (κ1) is 17.3. The monoisotopic (exact) mass is 364 g/mol. The molecule has 0 amide bonds. The van der Waals surface area contributed by atoms with Crippen molar-refractivity contribution in [1.29, 1.82) is 0 Å². The van der Waals surface area contributed by atoms with Crippen molar-refractivity contribution in [1.82, 2.24) is 15.0 Å². The fraction of sp³-hybridized carbons (Fsp3) is 0.235. The van der Waals surface area contributed by atoms with Gasteiger partial charge in [-0.15, -0.1) is 11.3 Å². The molecule has 0 aromatic carbocycles. The largest absolute Gasteiger partial charge is 0.433 e. The number of nitrogens with one attached hydrogen (secondary N) is 1. The summed E-state index contributed by atoms with van der Waals surface area (Å²) in [6, 6.07) is 8.06. The molecular formula is C17H15F3N4S. The summed E-state index contributed by atoms with van der Waals surface area (Å²) in [5.41, 5.74) is -0.495. The molecule has 0 aliphatic carbocycles. The van der Waals surface area contributed by atoms with Gasteiger partial charge in [-0.25, -0.2) is 9.97 Å². The Balaban J connectivity index is 1.89. The van der Waals surface area contributed by atoms with E-state index in [0.29, 0.717) is 12.1 Å². The molecule has 3 aromatic rings. The molecule has 8 heteroatoms. The van der Waals surface area contributed by atoms with Crippen LogP contribution in [0.5, 0.6) is 0 Å². The van der Waals surface area contributed by atoms with Crippen LogP contribution < -0.4 is 5.32 Å². The van der Waals surface area contributed by atoms with Crippen LogP contribution in [0.25, 0.3) is 11.4 Å². The zero-order valence-corrected chi connectivity index (χ0v) is 14.2. The van der Waals surface area contributed by atoms with Gasteiger partial charge < -0.3 is 5.32 Å². The average Bonchev–Trinajstić information content (AvgIpc) is 3.08. The van der Waals surface area contributed by atoms with Crippen LogP contribution in [0, 0.1) is 0 Å². The van der Waals surface area contributed by atoms with E-state index in [1.807, 2.05) is 12.1 Å². The summed E-state index contributed by atoms with van der Waals surface area (Å²) in [6.45, 7) is 2.47. The van der Waals surface area contributed by atoms with Gasteiger partial charge in [-0.3, -0.25) is 4.98 Å². The second-order valence-electron chi connectivity index (χ2n) is 5.27. The van der Waals surface area contributed by atoms with Crippen LogP contribution in [0.15, 0.2) is 42.7 Å². The van der Waals surface area contributed by atoms with Crippen molar-refractivity contribution >= 4 is 17.2 Å². The van der Waals surface area contributed by atoms with Gasteiger partial charge in [0.2, 0.25) is 0 Å². The van der Waals surface area contributed by atoms with E-state index in [9.17, 15) is 13.2 Å². The number of hydrogen-bond donors (Lipinski definition) is 1. The zero-order chi connectivity index (χ0) is 17.9. The summed E-state index contributed by atoms with van der Waals surface area (Å²) in [6.07, 6.45) is -0.629. The molecule has 0 saturated carbocycles. The highest BCUT2D eigenvalue weighted by atomic mass is 32.1. The highest BCUT2D eigenvalue weighted by Crippen LogP contribution is 2.31. The summed E-state index contributed by atoms with van der Waals surface area (Å²) in [7, 11) is 0. The minimum Gasteiger partial charge on any atom is -0.365 e. The van der Waals surface area contributed by atoms with E-state index in [2.05, 4.69) is 27.2 Å². The van der Waals surface area contributed by atoms with E-state index < -0.39 is 11.9 Å². The van der Waals surface area contributed by atoms with E-state index >= 15 is 0 Å². The number of anilines is 1. The first-order valence-electron chi connectivity index (χ1n) is 7.64. The molecule has 3 heterocycles. The topological polar surface area (TPSA) is 50.7 Å². The number of hydrogen-bond acceptors (Lipinski definition) is 5. The molecule has 130 valence electrons. The molecule has 0 atom stereocenters. The molecule has 0 aliphatic rings. The van der Waals surface area contributed by atoms with Crippen LogP contribution in [0.4, 0.5) is 19.0 Å². The van der Waals surface area contributed by atoms with Crippen LogP contribution >= 0.6 is 11.3 Å². The molecular weight excluding hydrogens is 349 g/mol. The van der Waals surface area contributed by atoms with Gasteiger partial charge in [0.05, 0.1) is 6.54 Å².